The first-order valence-corrected chi connectivity index (χ1v) is 5.14. The Morgan fingerprint density at radius 1 is 1.41 bits per heavy atom. The molecule has 0 saturated carbocycles. The molecule has 0 spiro atoms. The van der Waals surface area contributed by atoms with Crippen molar-refractivity contribution in [1.29, 1.82) is 0 Å². The lowest BCUT2D eigenvalue weighted by Gasteiger charge is -2.03. The summed E-state index contributed by atoms with van der Waals surface area (Å²) in [4.78, 5) is 21.9. The van der Waals surface area contributed by atoms with Crippen molar-refractivity contribution >= 4 is 5.91 Å². The number of halogens is 1. The molecular formula is C11H11FN4O. The minimum absolute atomic E-state index is 0.261. The number of rotatable bonds is 4. The van der Waals surface area contributed by atoms with E-state index in [9.17, 15) is 9.18 Å². The summed E-state index contributed by atoms with van der Waals surface area (Å²) in [6.07, 6.45) is 5.23. The van der Waals surface area contributed by atoms with E-state index in [0.29, 0.717) is 13.0 Å². The van der Waals surface area contributed by atoms with Gasteiger partial charge in [0, 0.05) is 43.2 Å². The van der Waals surface area contributed by atoms with Crippen molar-refractivity contribution in [3.8, 4) is 0 Å². The van der Waals surface area contributed by atoms with E-state index in [1.54, 1.807) is 12.4 Å². The Bertz CT molecular complexity index is 498. The van der Waals surface area contributed by atoms with Crippen LogP contribution < -0.4 is 5.32 Å². The number of aromatic nitrogens is 3. The minimum Gasteiger partial charge on any atom is -0.352 e. The Kier molecular flexibility index (Phi) is 3.44. The minimum atomic E-state index is -0.663. The topological polar surface area (TPSA) is 70.7 Å². The van der Waals surface area contributed by atoms with Gasteiger partial charge in [-0.15, -0.1) is 0 Å². The zero-order valence-electron chi connectivity index (χ0n) is 8.98. The van der Waals surface area contributed by atoms with Crippen LogP contribution in [0.15, 0.2) is 30.7 Å². The molecule has 2 heterocycles. The number of hydrogen-bond acceptors (Lipinski definition) is 3. The first kappa shape index (κ1) is 11.3. The van der Waals surface area contributed by atoms with Crippen molar-refractivity contribution in [2.75, 3.05) is 6.54 Å². The summed E-state index contributed by atoms with van der Waals surface area (Å²) in [6, 6.07) is 2.56. The molecule has 2 rings (SSSR count). The second-order valence-electron chi connectivity index (χ2n) is 3.41. The van der Waals surface area contributed by atoms with Crippen molar-refractivity contribution in [3.05, 3.63) is 48.1 Å². The standard InChI is InChI=1S/C11H11FN4O/c12-9-7-8(1-3-13-9)11(17)16-4-2-10-14-5-6-15-10/h1,3,5-7H,2,4H2,(H,14,15)(H,16,17). The van der Waals surface area contributed by atoms with Crippen LogP contribution in [-0.4, -0.2) is 27.4 Å². The quantitative estimate of drug-likeness (QED) is 0.773. The van der Waals surface area contributed by atoms with Crippen molar-refractivity contribution in [3.63, 3.8) is 0 Å². The molecule has 0 aliphatic heterocycles. The molecule has 0 aliphatic rings. The van der Waals surface area contributed by atoms with Crippen LogP contribution in [0.5, 0.6) is 0 Å². The summed E-state index contributed by atoms with van der Waals surface area (Å²) in [7, 11) is 0. The Balaban J connectivity index is 1.85. The number of nitrogens with one attached hydrogen (secondary N) is 2. The van der Waals surface area contributed by atoms with Gasteiger partial charge in [-0.1, -0.05) is 0 Å². The van der Waals surface area contributed by atoms with E-state index >= 15 is 0 Å². The van der Waals surface area contributed by atoms with E-state index in [4.69, 9.17) is 0 Å². The van der Waals surface area contributed by atoms with Crippen LogP contribution in [-0.2, 0) is 6.42 Å². The van der Waals surface area contributed by atoms with E-state index in [2.05, 4.69) is 20.3 Å². The van der Waals surface area contributed by atoms with Crippen LogP contribution >= 0.6 is 0 Å². The van der Waals surface area contributed by atoms with E-state index in [1.165, 1.54) is 12.3 Å². The third-order valence-electron chi connectivity index (χ3n) is 2.19. The van der Waals surface area contributed by atoms with E-state index in [1.807, 2.05) is 0 Å². The third-order valence-corrected chi connectivity index (χ3v) is 2.19. The Morgan fingerprint density at radius 3 is 3.00 bits per heavy atom. The second-order valence-corrected chi connectivity index (χ2v) is 3.41. The molecule has 6 heteroatoms. The lowest BCUT2D eigenvalue weighted by atomic mass is 10.2. The molecule has 88 valence electrons. The SMILES string of the molecule is O=C(NCCc1ncc[nH]1)c1ccnc(F)c1. The Labute approximate surface area is 97.1 Å². The lowest BCUT2D eigenvalue weighted by Crippen LogP contribution is -2.26. The summed E-state index contributed by atoms with van der Waals surface area (Å²) in [5, 5.41) is 2.67. The molecule has 17 heavy (non-hydrogen) atoms. The van der Waals surface area contributed by atoms with Crippen LogP contribution in [0.4, 0.5) is 4.39 Å². The Morgan fingerprint density at radius 2 is 2.29 bits per heavy atom. The van der Waals surface area contributed by atoms with Crippen molar-refractivity contribution in [2.45, 2.75) is 6.42 Å². The zero-order chi connectivity index (χ0) is 12.1. The molecule has 2 aromatic rings. The molecule has 0 aliphatic carbocycles. The van der Waals surface area contributed by atoms with Crippen molar-refractivity contribution in [2.24, 2.45) is 0 Å². The molecule has 2 N–H and O–H groups in total. The average molecular weight is 234 g/mol. The highest BCUT2D eigenvalue weighted by molar-refractivity contribution is 5.93. The molecule has 2 aromatic heterocycles. The molecule has 0 bridgehead atoms. The molecule has 1 amide bonds. The van der Waals surface area contributed by atoms with Gasteiger partial charge in [0.15, 0.2) is 0 Å². The predicted molar refractivity (Wildman–Crippen MR) is 58.8 cm³/mol. The van der Waals surface area contributed by atoms with E-state index < -0.39 is 5.95 Å². The van der Waals surface area contributed by atoms with Gasteiger partial charge in [-0.25, -0.2) is 9.97 Å². The van der Waals surface area contributed by atoms with Crippen LogP contribution in [0.1, 0.15) is 16.2 Å². The highest BCUT2D eigenvalue weighted by Crippen LogP contribution is 2.00. The van der Waals surface area contributed by atoms with E-state index in [-0.39, 0.29) is 11.5 Å². The molecule has 0 aromatic carbocycles. The van der Waals surface area contributed by atoms with Crippen LogP contribution in [0.3, 0.4) is 0 Å². The number of aromatic amines is 1. The van der Waals surface area contributed by atoms with Gasteiger partial charge in [-0.2, -0.15) is 4.39 Å². The van der Waals surface area contributed by atoms with Gasteiger partial charge in [-0.05, 0) is 6.07 Å². The number of H-pyrrole nitrogens is 1. The average Bonchev–Trinajstić information content (AvgIpc) is 2.82. The fourth-order valence-electron chi connectivity index (χ4n) is 1.37. The number of carbonyl (C=O) groups is 1. The highest BCUT2D eigenvalue weighted by atomic mass is 19.1. The monoisotopic (exact) mass is 234 g/mol. The summed E-state index contributed by atoms with van der Waals surface area (Å²) >= 11 is 0. The van der Waals surface area contributed by atoms with Gasteiger partial charge < -0.3 is 10.3 Å². The fourth-order valence-corrected chi connectivity index (χ4v) is 1.37. The van der Waals surface area contributed by atoms with Gasteiger partial charge in [0.25, 0.3) is 5.91 Å². The predicted octanol–water partition coefficient (Wildman–Crippen LogP) is 0.916. The summed E-state index contributed by atoms with van der Waals surface area (Å²) in [5.74, 6) is -0.187. The molecule has 0 atom stereocenters. The Hall–Kier alpha value is -2.24. The zero-order valence-corrected chi connectivity index (χ0v) is 8.98. The normalized spacial score (nSPS) is 10.2. The summed E-state index contributed by atoms with van der Waals surface area (Å²) < 4.78 is 12.8. The van der Waals surface area contributed by atoms with Crippen molar-refractivity contribution in [1.82, 2.24) is 20.3 Å². The van der Waals surface area contributed by atoms with Crippen LogP contribution in [0.25, 0.3) is 0 Å². The number of hydrogen-bond donors (Lipinski definition) is 2. The van der Waals surface area contributed by atoms with Gasteiger partial charge >= 0.3 is 0 Å². The number of pyridine rings is 1. The molecule has 0 saturated heterocycles. The van der Waals surface area contributed by atoms with Crippen LogP contribution in [0.2, 0.25) is 0 Å². The van der Waals surface area contributed by atoms with E-state index in [0.717, 1.165) is 11.9 Å². The van der Waals surface area contributed by atoms with Crippen molar-refractivity contribution < 1.29 is 9.18 Å². The number of nitrogens with zero attached hydrogens (tertiary/aromatic N) is 2. The molecular weight excluding hydrogens is 223 g/mol. The largest absolute Gasteiger partial charge is 0.352 e. The number of amides is 1. The van der Waals surface area contributed by atoms with Crippen LogP contribution in [0, 0.1) is 5.95 Å². The smallest absolute Gasteiger partial charge is 0.251 e. The van der Waals surface area contributed by atoms with Gasteiger partial charge in [0.2, 0.25) is 5.95 Å². The molecule has 5 nitrogen and oxygen atoms in total. The van der Waals surface area contributed by atoms with Gasteiger partial charge in [0.1, 0.15) is 5.82 Å². The molecule has 0 unspecified atom stereocenters. The number of carbonyl (C=O) groups excluding carboxylic acids is 1. The lowest BCUT2D eigenvalue weighted by molar-refractivity contribution is 0.0953. The summed E-state index contributed by atoms with van der Waals surface area (Å²) in [5.41, 5.74) is 0.261. The first-order valence-electron chi connectivity index (χ1n) is 5.14. The third kappa shape index (κ3) is 3.10. The summed E-state index contributed by atoms with van der Waals surface area (Å²) in [6.45, 7) is 0.441. The second kappa shape index (κ2) is 5.20. The highest BCUT2D eigenvalue weighted by Gasteiger charge is 2.06. The number of imidazole rings is 1. The molecule has 0 fully saturated rings. The van der Waals surface area contributed by atoms with Gasteiger partial charge in [0.05, 0.1) is 0 Å². The maximum atomic E-state index is 12.8. The molecule has 0 radical (unpaired) electrons. The maximum absolute atomic E-state index is 12.8. The first-order chi connectivity index (χ1) is 8.25. The van der Waals surface area contributed by atoms with Gasteiger partial charge in [-0.3, -0.25) is 4.79 Å². The maximum Gasteiger partial charge on any atom is 0.251 e. The fraction of sp³-hybridized carbons (Fsp3) is 0.182.